The largest absolute Gasteiger partial charge is 0.449 e. The molecule has 4 saturated carbocycles. The number of halogens is 5. The van der Waals surface area contributed by atoms with Gasteiger partial charge in [0.25, 0.3) is 0 Å². The van der Waals surface area contributed by atoms with Gasteiger partial charge in [0, 0.05) is 28.2 Å². The molecule has 0 aliphatic heterocycles. The van der Waals surface area contributed by atoms with Crippen LogP contribution in [-0.2, 0) is 25.3 Å². The standard InChI is InChI=1S/C36H39F5O6S/c1-19-14-24-25-16-27(37)26-15-23(42)12-13-32(26,2)34(25,38)29(44)17-33(24,3)35(19,47-30(45)21-6-4-5-7-21)31(46)48-18-28(43)20-8-10-22(11-9-20)36(39,40)41/h8-13,15,19,21,24-25,27,29,44H,4-7,14,16-18H2,1-3H3/t19-,24+,25+,27+,29+,32+,33+,34+,35+/m1/s1. The Morgan fingerprint density at radius 1 is 1.04 bits per heavy atom. The summed E-state index contributed by atoms with van der Waals surface area (Å²) in [5.74, 6) is -5.14. The summed E-state index contributed by atoms with van der Waals surface area (Å²) in [6, 6.07) is 3.63. The highest BCUT2D eigenvalue weighted by Gasteiger charge is 2.78. The summed E-state index contributed by atoms with van der Waals surface area (Å²) in [6.45, 7) is 4.85. The third-order valence-corrected chi connectivity index (χ3v) is 13.3. The van der Waals surface area contributed by atoms with E-state index in [-0.39, 0.29) is 30.4 Å². The van der Waals surface area contributed by atoms with Crippen molar-refractivity contribution in [2.45, 2.75) is 95.4 Å². The van der Waals surface area contributed by atoms with Gasteiger partial charge in [-0.3, -0.25) is 19.2 Å². The number of aliphatic hydroxyl groups excluding tert-OH is 1. The summed E-state index contributed by atoms with van der Waals surface area (Å²) < 4.78 is 79.2. The van der Waals surface area contributed by atoms with Gasteiger partial charge in [-0.15, -0.1) is 0 Å². The van der Waals surface area contributed by atoms with E-state index in [4.69, 9.17) is 4.74 Å². The van der Waals surface area contributed by atoms with Crippen LogP contribution in [0.15, 0.2) is 48.1 Å². The number of ether oxygens (including phenoxy) is 1. The van der Waals surface area contributed by atoms with Gasteiger partial charge in [0.05, 0.1) is 23.3 Å². The zero-order chi connectivity index (χ0) is 35.0. The predicted octanol–water partition coefficient (Wildman–Crippen LogP) is 7.18. The summed E-state index contributed by atoms with van der Waals surface area (Å²) in [4.78, 5) is 53.5. The van der Waals surface area contributed by atoms with E-state index in [2.05, 4.69) is 0 Å². The maximum atomic E-state index is 17.7. The number of alkyl halides is 5. The fourth-order valence-corrected chi connectivity index (χ4v) is 10.9. The lowest BCUT2D eigenvalue weighted by atomic mass is 9.44. The van der Waals surface area contributed by atoms with E-state index in [1.807, 2.05) is 0 Å². The van der Waals surface area contributed by atoms with Crippen molar-refractivity contribution in [1.82, 2.24) is 0 Å². The number of ketones is 2. The van der Waals surface area contributed by atoms with Crippen molar-refractivity contribution in [2.75, 3.05) is 5.75 Å². The third kappa shape index (κ3) is 5.05. The SMILES string of the molecule is C[C@@H]1C[C@H]2[C@@H]3C[C@H](F)C4=CC(=O)C=C[C@]4(C)[C@@]3(F)[C@@H](O)C[C@]2(C)[C@@]1(OC(=O)C1CCCC1)C(=O)SCC(=O)c1ccc(C(F)(F)F)cc1. The molecular weight excluding hydrogens is 655 g/mol. The van der Waals surface area contributed by atoms with Gasteiger partial charge in [-0.25, -0.2) is 8.78 Å². The van der Waals surface area contributed by atoms with Crippen LogP contribution < -0.4 is 0 Å². The molecule has 5 aliphatic carbocycles. The number of Topliss-reactive ketones (excluding diaryl/α,β-unsaturated/α-hetero) is 1. The fourth-order valence-electron chi connectivity index (χ4n) is 9.79. The van der Waals surface area contributed by atoms with Crippen LogP contribution in [0.25, 0.3) is 0 Å². The van der Waals surface area contributed by atoms with E-state index in [1.54, 1.807) is 13.8 Å². The molecule has 0 amide bonds. The summed E-state index contributed by atoms with van der Waals surface area (Å²) >= 11 is 0.581. The van der Waals surface area contributed by atoms with Crippen molar-refractivity contribution in [2.24, 2.45) is 34.5 Å². The molecular formula is C36H39F5O6S. The van der Waals surface area contributed by atoms with Gasteiger partial charge in [-0.1, -0.05) is 56.7 Å². The lowest BCUT2D eigenvalue weighted by molar-refractivity contribution is -0.229. The number of hydrogen-bond donors (Lipinski definition) is 1. The maximum absolute atomic E-state index is 17.7. The Labute approximate surface area is 279 Å². The van der Waals surface area contributed by atoms with E-state index >= 15 is 8.78 Å². The first-order valence-electron chi connectivity index (χ1n) is 16.5. The highest BCUT2D eigenvalue weighted by molar-refractivity contribution is 8.14. The first kappa shape index (κ1) is 35.0. The highest BCUT2D eigenvalue weighted by Crippen LogP contribution is 2.72. The number of carbonyl (C=O) groups is 4. The molecule has 260 valence electrons. The van der Waals surface area contributed by atoms with Crippen molar-refractivity contribution in [3.05, 3.63) is 59.2 Å². The Morgan fingerprint density at radius 3 is 2.31 bits per heavy atom. The molecule has 0 radical (unpaired) electrons. The van der Waals surface area contributed by atoms with Crippen molar-refractivity contribution in [1.29, 1.82) is 0 Å². The summed E-state index contributed by atoms with van der Waals surface area (Å²) in [6.07, 6.45) is -2.15. The third-order valence-electron chi connectivity index (χ3n) is 12.3. The number of carbonyl (C=O) groups excluding carboxylic acids is 4. The van der Waals surface area contributed by atoms with Crippen LogP contribution in [0, 0.1) is 34.5 Å². The topological polar surface area (TPSA) is 97.7 Å². The molecule has 6 nitrogen and oxygen atoms in total. The van der Waals surface area contributed by atoms with Crippen molar-refractivity contribution < 1.29 is 51.0 Å². The van der Waals surface area contributed by atoms with Gasteiger partial charge in [0.2, 0.25) is 5.12 Å². The second-order valence-electron chi connectivity index (χ2n) is 14.7. The van der Waals surface area contributed by atoms with Crippen LogP contribution in [0.4, 0.5) is 22.0 Å². The first-order valence-corrected chi connectivity index (χ1v) is 17.5. The lowest BCUT2D eigenvalue weighted by Gasteiger charge is -2.63. The van der Waals surface area contributed by atoms with Crippen LogP contribution in [0.3, 0.4) is 0 Å². The van der Waals surface area contributed by atoms with E-state index in [9.17, 15) is 37.5 Å². The molecule has 1 aromatic carbocycles. The number of thioether (sulfide) groups is 1. The summed E-state index contributed by atoms with van der Waals surface area (Å²) in [5, 5.41) is 11.1. The van der Waals surface area contributed by atoms with Crippen molar-refractivity contribution >= 4 is 34.4 Å². The Morgan fingerprint density at radius 2 is 1.69 bits per heavy atom. The van der Waals surface area contributed by atoms with Crippen LogP contribution >= 0.6 is 11.8 Å². The number of benzene rings is 1. The maximum Gasteiger partial charge on any atom is 0.416 e. The number of hydrogen-bond acceptors (Lipinski definition) is 7. The quantitative estimate of drug-likeness (QED) is 0.191. The Balaban J connectivity index is 1.35. The smallest absolute Gasteiger partial charge is 0.416 e. The van der Waals surface area contributed by atoms with Crippen LogP contribution in [0.1, 0.15) is 81.6 Å². The molecule has 48 heavy (non-hydrogen) atoms. The number of fused-ring (bicyclic) bond motifs is 5. The minimum Gasteiger partial charge on any atom is -0.449 e. The minimum atomic E-state index is -4.59. The monoisotopic (exact) mass is 694 g/mol. The van der Waals surface area contributed by atoms with Gasteiger partial charge in [0.15, 0.2) is 22.8 Å². The average molecular weight is 695 g/mol. The van der Waals surface area contributed by atoms with Crippen LogP contribution in [0.2, 0.25) is 0 Å². The molecule has 1 N–H and O–H groups in total. The normalized spacial score (nSPS) is 39.3. The average Bonchev–Trinajstić information content (AvgIpc) is 3.64. The van der Waals surface area contributed by atoms with E-state index in [1.165, 1.54) is 19.1 Å². The number of aliphatic hydroxyl groups is 1. The second kappa shape index (κ2) is 11.9. The molecule has 12 heteroatoms. The Bertz CT molecular complexity index is 1580. The number of esters is 1. The summed E-state index contributed by atoms with van der Waals surface area (Å²) in [5.41, 5.74) is -8.31. The van der Waals surface area contributed by atoms with Crippen molar-refractivity contribution in [3.8, 4) is 0 Å². The van der Waals surface area contributed by atoms with Gasteiger partial charge < -0.3 is 9.84 Å². The van der Waals surface area contributed by atoms with Crippen molar-refractivity contribution in [3.63, 3.8) is 0 Å². The molecule has 0 aromatic heterocycles. The van der Waals surface area contributed by atoms with E-state index < -0.39 is 98.2 Å². The van der Waals surface area contributed by atoms with Gasteiger partial charge in [-0.2, -0.15) is 13.2 Å². The molecule has 4 fully saturated rings. The van der Waals surface area contributed by atoms with E-state index in [0.717, 1.165) is 43.2 Å². The zero-order valence-electron chi connectivity index (χ0n) is 26.9. The molecule has 6 rings (SSSR count). The fraction of sp³-hybridized carbons (Fsp3) is 0.611. The second-order valence-corrected chi connectivity index (χ2v) is 15.7. The number of allylic oxidation sites excluding steroid dienone is 4. The lowest BCUT2D eigenvalue weighted by Crippen LogP contribution is -2.70. The van der Waals surface area contributed by atoms with E-state index in [0.29, 0.717) is 24.6 Å². The molecule has 0 bridgehead atoms. The number of rotatable bonds is 6. The summed E-state index contributed by atoms with van der Waals surface area (Å²) in [7, 11) is 0. The van der Waals surface area contributed by atoms with Gasteiger partial charge >= 0.3 is 12.1 Å². The van der Waals surface area contributed by atoms with Gasteiger partial charge in [0.1, 0.15) is 6.17 Å². The van der Waals surface area contributed by atoms with Crippen LogP contribution in [-0.4, -0.2) is 57.1 Å². The molecule has 5 aliphatic rings. The molecule has 9 atom stereocenters. The molecule has 0 heterocycles. The highest BCUT2D eigenvalue weighted by atomic mass is 32.2. The van der Waals surface area contributed by atoms with Gasteiger partial charge in [-0.05, 0) is 74.8 Å². The molecule has 1 aromatic rings. The molecule has 0 saturated heterocycles. The minimum absolute atomic E-state index is 0.0326. The predicted molar refractivity (Wildman–Crippen MR) is 167 cm³/mol. The first-order chi connectivity index (χ1) is 22.4. The Hall–Kier alpha value is -2.86. The molecule has 0 spiro atoms. The van der Waals surface area contributed by atoms with Crippen LogP contribution in [0.5, 0.6) is 0 Å². The Kier molecular flexibility index (Phi) is 8.66. The molecule has 0 unspecified atom stereocenters. The zero-order valence-corrected chi connectivity index (χ0v) is 27.8.